The molecule has 1 nitrogen and oxygen atoms in total. The third kappa shape index (κ3) is 3.10. The Morgan fingerprint density at radius 2 is 1.75 bits per heavy atom. The fraction of sp³-hybridized carbons (Fsp3) is 0.368. The van der Waals surface area contributed by atoms with Gasteiger partial charge in [0, 0.05) is 6.42 Å². The minimum Gasteiger partial charge on any atom is -0.388 e. The highest BCUT2D eigenvalue weighted by Crippen LogP contribution is 2.40. The van der Waals surface area contributed by atoms with E-state index in [4.69, 9.17) is 0 Å². The topological polar surface area (TPSA) is 20.2 Å². The van der Waals surface area contributed by atoms with Crippen LogP contribution in [0.3, 0.4) is 0 Å². The van der Waals surface area contributed by atoms with Crippen LogP contribution in [0.15, 0.2) is 42.5 Å². The van der Waals surface area contributed by atoms with Crippen LogP contribution in [0.5, 0.6) is 0 Å². The van der Waals surface area contributed by atoms with Gasteiger partial charge >= 0.3 is 0 Å². The van der Waals surface area contributed by atoms with Crippen molar-refractivity contribution < 1.29 is 5.11 Å². The second kappa shape index (κ2) is 5.41. The second-order valence-corrected chi connectivity index (χ2v) is 6.16. The molecule has 20 heavy (non-hydrogen) atoms. The molecule has 2 aromatic rings. The summed E-state index contributed by atoms with van der Waals surface area (Å²) in [5.74, 6) is 0.739. The molecule has 1 fully saturated rings. The van der Waals surface area contributed by atoms with Crippen LogP contribution in [-0.4, -0.2) is 5.11 Å². The standard InChI is InChI=1S/C19H22O/c1-13-8-14(2)10-15(9-13)11-19(20)18-5-3-4-17(12-18)16-6-7-16/h3-5,8-10,12,16,19-20H,6-7,11H2,1-2H3. The lowest BCUT2D eigenvalue weighted by Gasteiger charge is -2.13. The highest BCUT2D eigenvalue weighted by Gasteiger charge is 2.24. The van der Waals surface area contributed by atoms with Gasteiger partial charge in [-0.25, -0.2) is 0 Å². The van der Waals surface area contributed by atoms with Gasteiger partial charge in [-0.3, -0.25) is 0 Å². The van der Waals surface area contributed by atoms with Crippen molar-refractivity contribution in [2.24, 2.45) is 0 Å². The van der Waals surface area contributed by atoms with Crippen LogP contribution >= 0.6 is 0 Å². The van der Waals surface area contributed by atoms with Crippen molar-refractivity contribution in [1.82, 2.24) is 0 Å². The van der Waals surface area contributed by atoms with E-state index in [0.29, 0.717) is 6.42 Å². The Morgan fingerprint density at radius 1 is 1.05 bits per heavy atom. The predicted octanol–water partition coefficient (Wildman–Crippen LogP) is 4.46. The fourth-order valence-electron chi connectivity index (χ4n) is 2.96. The van der Waals surface area contributed by atoms with Crippen LogP contribution < -0.4 is 0 Å². The Hall–Kier alpha value is -1.60. The molecule has 0 aliphatic heterocycles. The van der Waals surface area contributed by atoms with Crippen molar-refractivity contribution >= 4 is 0 Å². The van der Waals surface area contributed by atoms with Crippen LogP contribution in [0.25, 0.3) is 0 Å². The summed E-state index contributed by atoms with van der Waals surface area (Å²) in [4.78, 5) is 0. The fourth-order valence-corrected chi connectivity index (χ4v) is 2.96. The smallest absolute Gasteiger partial charge is 0.0830 e. The van der Waals surface area contributed by atoms with E-state index in [9.17, 15) is 5.11 Å². The predicted molar refractivity (Wildman–Crippen MR) is 83.0 cm³/mol. The molecule has 3 rings (SSSR count). The van der Waals surface area contributed by atoms with Gasteiger partial charge in [-0.1, -0.05) is 53.6 Å². The van der Waals surface area contributed by atoms with Gasteiger partial charge in [-0.15, -0.1) is 0 Å². The van der Waals surface area contributed by atoms with E-state index >= 15 is 0 Å². The van der Waals surface area contributed by atoms with E-state index in [0.717, 1.165) is 11.5 Å². The number of aliphatic hydroxyl groups is 1. The van der Waals surface area contributed by atoms with Gasteiger partial charge in [-0.2, -0.15) is 0 Å². The zero-order valence-electron chi connectivity index (χ0n) is 12.3. The number of hydrogen-bond acceptors (Lipinski definition) is 1. The van der Waals surface area contributed by atoms with Crippen molar-refractivity contribution in [3.05, 3.63) is 70.3 Å². The number of benzene rings is 2. The molecule has 1 N–H and O–H groups in total. The normalized spacial score (nSPS) is 16.1. The van der Waals surface area contributed by atoms with E-state index in [1.807, 2.05) is 6.07 Å². The average Bonchev–Trinajstić information content (AvgIpc) is 3.22. The summed E-state index contributed by atoms with van der Waals surface area (Å²) in [5, 5.41) is 10.5. The number of rotatable bonds is 4. The molecular weight excluding hydrogens is 244 g/mol. The monoisotopic (exact) mass is 266 g/mol. The third-order valence-electron chi connectivity index (χ3n) is 4.05. The van der Waals surface area contributed by atoms with Crippen molar-refractivity contribution in [2.45, 2.75) is 45.1 Å². The quantitative estimate of drug-likeness (QED) is 0.866. The van der Waals surface area contributed by atoms with E-state index in [2.05, 4.69) is 50.2 Å². The summed E-state index contributed by atoms with van der Waals surface area (Å²) in [6.07, 6.45) is 2.89. The Bertz CT molecular complexity index is 591. The SMILES string of the molecule is Cc1cc(C)cc(CC(O)c2cccc(C3CC3)c2)c1. The van der Waals surface area contributed by atoms with Crippen molar-refractivity contribution in [2.75, 3.05) is 0 Å². The Kier molecular flexibility index (Phi) is 3.62. The largest absolute Gasteiger partial charge is 0.388 e. The van der Waals surface area contributed by atoms with Crippen molar-refractivity contribution in [3.8, 4) is 0 Å². The minimum absolute atomic E-state index is 0.408. The molecule has 0 radical (unpaired) electrons. The number of hydrogen-bond donors (Lipinski definition) is 1. The number of aliphatic hydroxyl groups excluding tert-OH is 1. The molecule has 104 valence electrons. The van der Waals surface area contributed by atoms with Gasteiger partial charge in [0.25, 0.3) is 0 Å². The maximum absolute atomic E-state index is 10.5. The Balaban J connectivity index is 1.78. The average molecular weight is 266 g/mol. The molecular formula is C19H22O. The molecule has 1 heteroatoms. The molecule has 1 atom stereocenters. The van der Waals surface area contributed by atoms with E-state index < -0.39 is 6.10 Å². The summed E-state index contributed by atoms with van der Waals surface area (Å²) in [6.45, 7) is 4.22. The number of aryl methyl sites for hydroxylation is 2. The van der Waals surface area contributed by atoms with E-state index in [-0.39, 0.29) is 0 Å². The maximum atomic E-state index is 10.5. The second-order valence-electron chi connectivity index (χ2n) is 6.16. The molecule has 1 unspecified atom stereocenters. The third-order valence-corrected chi connectivity index (χ3v) is 4.05. The van der Waals surface area contributed by atoms with Crippen molar-refractivity contribution in [1.29, 1.82) is 0 Å². The molecule has 0 bridgehead atoms. The molecule has 2 aromatic carbocycles. The highest BCUT2D eigenvalue weighted by molar-refractivity contribution is 5.33. The summed E-state index contributed by atoms with van der Waals surface area (Å²) in [6, 6.07) is 15.0. The molecule has 0 heterocycles. The first-order chi connectivity index (χ1) is 9.61. The summed E-state index contributed by atoms with van der Waals surface area (Å²) in [5.41, 5.74) is 6.18. The highest BCUT2D eigenvalue weighted by atomic mass is 16.3. The van der Waals surface area contributed by atoms with Crippen LogP contribution in [0.2, 0.25) is 0 Å². The first-order valence-electron chi connectivity index (χ1n) is 7.47. The summed E-state index contributed by atoms with van der Waals surface area (Å²) in [7, 11) is 0. The van der Waals surface area contributed by atoms with Gasteiger partial charge in [0.1, 0.15) is 0 Å². The van der Waals surface area contributed by atoms with Crippen LogP contribution in [-0.2, 0) is 6.42 Å². The van der Waals surface area contributed by atoms with Gasteiger partial charge in [0.05, 0.1) is 6.10 Å². The van der Waals surface area contributed by atoms with Gasteiger partial charge in [0.15, 0.2) is 0 Å². The molecule has 0 aromatic heterocycles. The maximum Gasteiger partial charge on any atom is 0.0830 e. The first kappa shape index (κ1) is 13.4. The van der Waals surface area contributed by atoms with Gasteiger partial charge < -0.3 is 5.11 Å². The molecule has 1 saturated carbocycles. The molecule has 0 amide bonds. The lowest BCUT2D eigenvalue weighted by molar-refractivity contribution is 0.178. The van der Waals surface area contributed by atoms with E-state index in [1.165, 1.54) is 35.1 Å². The lowest BCUT2D eigenvalue weighted by Crippen LogP contribution is -2.03. The van der Waals surface area contributed by atoms with Crippen LogP contribution in [0.4, 0.5) is 0 Å². The summed E-state index contributed by atoms with van der Waals surface area (Å²) < 4.78 is 0. The summed E-state index contributed by atoms with van der Waals surface area (Å²) >= 11 is 0. The lowest BCUT2D eigenvalue weighted by atomic mass is 9.97. The van der Waals surface area contributed by atoms with Gasteiger partial charge in [0.2, 0.25) is 0 Å². The molecule has 1 aliphatic carbocycles. The van der Waals surface area contributed by atoms with E-state index in [1.54, 1.807) is 0 Å². The first-order valence-corrected chi connectivity index (χ1v) is 7.47. The minimum atomic E-state index is -0.408. The molecule has 0 saturated heterocycles. The van der Waals surface area contributed by atoms with Crippen LogP contribution in [0.1, 0.15) is 52.7 Å². The Morgan fingerprint density at radius 3 is 2.40 bits per heavy atom. The van der Waals surface area contributed by atoms with Crippen LogP contribution in [0, 0.1) is 13.8 Å². The van der Waals surface area contributed by atoms with Crippen molar-refractivity contribution in [3.63, 3.8) is 0 Å². The zero-order valence-corrected chi connectivity index (χ0v) is 12.3. The Labute approximate surface area is 121 Å². The van der Waals surface area contributed by atoms with Gasteiger partial charge in [-0.05, 0) is 49.3 Å². The molecule has 1 aliphatic rings. The zero-order chi connectivity index (χ0) is 14.1. The molecule has 0 spiro atoms.